The monoisotopic (exact) mass is 571 g/mol. The first kappa shape index (κ1) is 26.0. The van der Waals surface area contributed by atoms with Crippen molar-refractivity contribution in [3.05, 3.63) is 76.2 Å². The number of benzene rings is 1. The molecular weight excluding hydrogens is 541 g/mol. The molecule has 1 amide bonds. The van der Waals surface area contributed by atoms with Crippen LogP contribution in [-0.4, -0.2) is 69.4 Å². The fourth-order valence-corrected chi connectivity index (χ4v) is 7.50. The molecule has 0 radical (unpaired) electrons. The molecule has 0 saturated carbocycles. The quantitative estimate of drug-likeness (QED) is 0.326. The highest BCUT2D eigenvalue weighted by Gasteiger charge is 2.30. The second kappa shape index (κ2) is 10.5. The maximum Gasteiger partial charge on any atom is 0.258 e. The minimum absolute atomic E-state index is 0.0383. The third-order valence-electron chi connectivity index (χ3n) is 8.50. The molecule has 2 fully saturated rings. The maximum atomic E-state index is 15.7. The van der Waals surface area contributed by atoms with Crippen LogP contribution in [0.1, 0.15) is 47.7 Å². The number of amides is 1. The van der Waals surface area contributed by atoms with Gasteiger partial charge in [-0.25, -0.2) is 9.37 Å². The predicted octanol–water partition coefficient (Wildman–Crippen LogP) is 4.20. The first-order chi connectivity index (χ1) is 20.0. The molecule has 2 atom stereocenters. The van der Waals surface area contributed by atoms with Crippen molar-refractivity contribution in [3.8, 4) is 0 Å². The Balaban J connectivity index is 1.30. The van der Waals surface area contributed by atoms with Gasteiger partial charge in [-0.1, -0.05) is 12.1 Å². The van der Waals surface area contributed by atoms with Gasteiger partial charge in [0.25, 0.3) is 5.91 Å². The van der Waals surface area contributed by atoms with Crippen LogP contribution in [-0.2, 0) is 0 Å². The van der Waals surface area contributed by atoms with Crippen molar-refractivity contribution in [1.29, 1.82) is 0 Å². The van der Waals surface area contributed by atoms with Gasteiger partial charge in [0.05, 0.1) is 21.3 Å². The lowest BCUT2D eigenvalue weighted by atomic mass is 10.1. The molecule has 7 rings (SSSR count). The van der Waals surface area contributed by atoms with Gasteiger partial charge in [0.2, 0.25) is 5.43 Å². The molecule has 41 heavy (non-hydrogen) atoms. The van der Waals surface area contributed by atoms with Crippen LogP contribution in [0, 0.1) is 5.82 Å². The van der Waals surface area contributed by atoms with Gasteiger partial charge < -0.3 is 15.1 Å². The molecule has 2 aliphatic heterocycles. The summed E-state index contributed by atoms with van der Waals surface area (Å²) in [6.45, 7) is 2.69. The molecule has 6 heterocycles. The van der Waals surface area contributed by atoms with Gasteiger partial charge in [-0.15, -0.1) is 11.3 Å². The Morgan fingerprint density at radius 2 is 2.07 bits per heavy atom. The van der Waals surface area contributed by atoms with Crippen LogP contribution in [0.4, 0.5) is 10.2 Å². The van der Waals surface area contributed by atoms with Gasteiger partial charge in [0.1, 0.15) is 10.4 Å². The summed E-state index contributed by atoms with van der Waals surface area (Å²) in [5.41, 5.74) is 1.58. The van der Waals surface area contributed by atoms with E-state index in [1.807, 2.05) is 33.6 Å². The second-order valence-corrected chi connectivity index (χ2v) is 12.0. The molecule has 2 unspecified atom stereocenters. The lowest BCUT2D eigenvalue weighted by Crippen LogP contribution is -2.34. The molecule has 0 aliphatic carbocycles. The number of hydrogen-bond donors (Lipinski definition) is 1. The number of halogens is 1. The Bertz CT molecular complexity index is 1840. The van der Waals surface area contributed by atoms with E-state index in [0.717, 1.165) is 48.1 Å². The number of carbonyl (C=O) groups excluding carboxylic acids is 1. The standard InChI is InChI=1S/C30H30FN7O2S/c1-36-13-4-5-19(36)8-10-34-29(40)25-26(39)20-15-21(31)28(37-14-9-18(17-37)22-16-32-11-12-33-22)35-27(20)38-23-6-2-3-7-24(23)41-30(25)38/h2-3,6-7,11-12,15-16,18-19H,4-5,8-10,13-14,17H2,1H3,(H,34,40). The van der Waals surface area contributed by atoms with E-state index in [-0.39, 0.29) is 22.7 Å². The largest absolute Gasteiger partial charge is 0.353 e. The third-order valence-corrected chi connectivity index (χ3v) is 9.65. The predicted molar refractivity (Wildman–Crippen MR) is 159 cm³/mol. The van der Waals surface area contributed by atoms with Gasteiger partial charge in [0.15, 0.2) is 17.3 Å². The molecule has 1 N–H and O–H groups in total. The van der Waals surface area contributed by atoms with Crippen molar-refractivity contribution in [2.24, 2.45) is 0 Å². The lowest BCUT2D eigenvalue weighted by molar-refractivity contribution is 0.0951. The first-order valence-electron chi connectivity index (χ1n) is 14.1. The van der Waals surface area contributed by atoms with Crippen molar-refractivity contribution in [1.82, 2.24) is 29.6 Å². The molecule has 2 aliphatic rings. The molecule has 1 aromatic carbocycles. The van der Waals surface area contributed by atoms with E-state index in [0.29, 0.717) is 36.2 Å². The van der Waals surface area contributed by atoms with Crippen molar-refractivity contribution >= 4 is 49.1 Å². The number of fused-ring (bicyclic) bond motifs is 5. The zero-order valence-corrected chi connectivity index (χ0v) is 23.5. The second-order valence-electron chi connectivity index (χ2n) is 11.0. The molecule has 0 bridgehead atoms. The minimum atomic E-state index is -0.579. The van der Waals surface area contributed by atoms with Crippen LogP contribution in [0.25, 0.3) is 26.1 Å². The maximum absolute atomic E-state index is 15.7. The summed E-state index contributed by atoms with van der Waals surface area (Å²) >= 11 is 1.38. The number of anilines is 1. The number of nitrogens with one attached hydrogen (secondary N) is 1. The van der Waals surface area contributed by atoms with E-state index >= 15 is 4.39 Å². The van der Waals surface area contributed by atoms with E-state index in [9.17, 15) is 9.59 Å². The Kier molecular flexibility index (Phi) is 6.63. The van der Waals surface area contributed by atoms with Crippen LogP contribution in [0.2, 0.25) is 0 Å². The molecule has 0 spiro atoms. The summed E-state index contributed by atoms with van der Waals surface area (Å²) < 4.78 is 18.4. The van der Waals surface area contributed by atoms with Gasteiger partial charge in [-0.05, 0) is 57.5 Å². The summed E-state index contributed by atoms with van der Waals surface area (Å²) in [6.07, 6.45) is 8.92. The van der Waals surface area contributed by atoms with E-state index in [1.165, 1.54) is 17.4 Å². The fourth-order valence-electron chi connectivity index (χ4n) is 6.32. The number of para-hydroxylation sites is 1. The zero-order chi connectivity index (χ0) is 28.1. The number of rotatable bonds is 6. The molecule has 5 aromatic rings. The van der Waals surface area contributed by atoms with Gasteiger partial charge in [-0.2, -0.15) is 0 Å². The number of hydrogen-bond acceptors (Lipinski definition) is 8. The van der Waals surface area contributed by atoms with E-state index < -0.39 is 17.2 Å². The molecule has 210 valence electrons. The van der Waals surface area contributed by atoms with Crippen LogP contribution in [0.5, 0.6) is 0 Å². The molecule has 9 nitrogen and oxygen atoms in total. The number of pyridine rings is 2. The zero-order valence-electron chi connectivity index (χ0n) is 22.7. The smallest absolute Gasteiger partial charge is 0.258 e. The number of likely N-dealkylation sites (tertiary alicyclic amines) is 1. The highest BCUT2D eigenvalue weighted by atomic mass is 32.1. The van der Waals surface area contributed by atoms with Crippen molar-refractivity contribution < 1.29 is 9.18 Å². The summed E-state index contributed by atoms with van der Waals surface area (Å²) in [4.78, 5) is 45.5. The highest BCUT2D eigenvalue weighted by Crippen LogP contribution is 2.34. The Morgan fingerprint density at radius 1 is 1.20 bits per heavy atom. The van der Waals surface area contributed by atoms with Gasteiger partial charge in [0, 0.05) is 50.2 Å². The van der Waals surface area contributed by atoms with Crippen LogP contribution < -0.4 is 15.6 Å². The third kappa shape index (κ3) is 4.53. The fraction of sp³-hybridized carbons (Fsp3) is 0.367. The first-order valence-corrected chi connectivity index (χ1v) is 14.9. The van der Waals surface area contributed by atoms with E-state index in [1.54, 1.807) is 18.6 Å². The van der Waals surface area contributed by atoms with Gasteiger partial charge in [-0.3, -0.25) is 24.0 Å². The average molecular weight is 572 g/mol. The molecule has 2 saturated heterocycles. The molecular formula is C30H30FN7O2S. The van der Waals surface area contributed by atoms with Crippen molar-refractivity contribution in [2.75, 3.05) is 38.1 Å². The normalized spacial score (nSPS) is 19.6. The van der Waals surface area contributed by atoms with Crippen molar-refractivity contribution in [3.63, 3.8) is 0 Å². The summed E-state index contributed by atoms with van der Waals surface area (Å²) in [7, 11) is 2.10. The number of aromatic nitrogens is 4. The van der Waals surface area contributed by atoms with Gasteiger partial charge >= 0.3 is 0 Å². The van der Waals surface area contributed by atoms with Crippen LogP contribution >= 0.6 is 11.3 Å². The summed E-state index contributed by atoms with van der Waals surface area (Å²) in [5.74, 6) is -0.701. The Hall–Kier alpha value is -3.96. The molecule has 11 heteroatoms. The number of thiazole rings is 1. The van der Waals surface area contributed by atoms with Crippen LogP contribution in [0.15, 0.2) is 53.7 Å². The van der Waals surface area contributed by atoms with Crippen molar-refractivity contribution in [2.45, 2.75) is 37.6 Å². The van der Waals surface area contributed by atoms with E-state index in [4.69, 9.17) is 4.98 Å². The summed E-state index contributed by atoms with van der Waals surface area (Å²) in [6, 6.07) is 9.40. The Morgan fingerprint density at radius 3 is 2.88 bits per heavy atom. The SMILES string of the molecule is CN1CCCC1CCNC(=O)c1c(=O)c2cc(F)c(N3CCC(c4cnccn4)C3)nc2n2c1sc1ccccc12. The summed E-state index contributed by atoms with van der Waals surface area (Å²) in [5, 5.41) is 3.07. The molecule has 4 aromatic heterocycles. The average Bonchev–Trinajstić information content (AvgIpc) is 3.72. The highest BCUT2D eigenvalue weighted by molar-refractivity contribution is 7.24. The van der Waals surface area contributed by atoms with Crippen LogP contribution in [0.3, 0.4) is 0 Å². The Labute approximate surface area is 239 Å². The number of carbonyl (C=O) groups is 1. The lowest BCUT2D eigenvalue weighted by Gasteiger charge is -2.20. The topological polar surface area (TPSA) is 95.7 Å². The van der Waals surface area contributed by atoms with E-state index in [2.05, 4.69) is 27.2 Å². The number of nitrogens with zero attached hydrogens (tertiary/aromatic N) is 6. The minimum Gasteiger partial charge on any atom is -0.353 e.